The van der Waals surface area contributed by atoms with Gasteiger partial charge in [0, 0.05) is 29.5 Å². The Labute approximate surface area is 186 Å². The van der Waals surface area contributed by atoms with Crippen molar-refractivity contribution in [2.75, 3.05) is 19.7 Å². The lowest BCUT2D eigenvalue weighted by Crippen LogP contribution is -2.73. The van der Waals surface area contributed by atoms with Crippen LogP contribution in [0.3, 0.4) is 0 Å². The number of fused-ring (bicyclic) bond motifs is 1. The Morgan fingerprint density at radius 1 is 1.09 bits per heavy atom. The predicted octanol–water partition coefficient (Wildman–Crippen LogP) is 2.52. The molecule has 5 rings (SSSR count). The van der Waals surface area contributed by atoms with Crippen molar-refractivity contribution in [2.45, 2.75) is 37.3 Å². The van der Waals surface area contributed by atoms with Crippen molar-refractivity contribution in [1.82, 2.24) is 9.80 Å². The summed E-state index contributed by atoms with van der Waals surface area (Å²) in [7, 11) is 0. The molecule has 1 saturated carbocycles. The van der Waals surface area contributed by atoms with Crippen molar-refractivity contribution < 1.29 is 19.1 Å². The first kappa shape index (κ1) is 20.7. The highest BCUT2D eigenvalue weighted by atomic mass is 19.1. The van der Waals surface area contributed by atoms with Crippen LogP contribution in [0.15, 0.2) is 48.5 Å². The van der Waals surface area contributed by atoms with Gasteiger partial charge in [-0.15, -0.1) is 0 Å². The first-order valence-electron chi connectivity index (χ1n) is 11.1. The molecule has 0 unspecified atom stereocenters. The third kappa shape index (κ3) is 3.67. The number of hydrogen-bond acceptors (Lipinski definition) is 3. The summed E-state index contributed by atoms with van der Waals surface area (Å²) < 4.78 is 13.3. The van der Waals surface area contributed by atoms with E-state index in [1.807, 2.05) is 24.3 Å². The smallest absolute Gasteiger partial charge is 0.242 e. The third-order valence-corrected chi connectivity index (χ3v) is 6.99. The molecule has 0 bridgehead atoms. The Bertz CT molecular complexity index is 1100. The molecule has 2 saturated heterocycles. The number of nitrogens with zero attached hydrogens (tertiary/aromatic N) is 2. The molecular weight excluding hydrogens is 407 g/mol. The van der Waals surface area contributed by atoms with Gasteiger partial charge in [-0.2, -0.15) is 0 Å². The van der Waals surface area contributed by atoms with Crippen LogP contribution < -0.4 is 0 Å². The summed E-state index contributed by atoms with van der Waals surface area (Å²) in [6.07, 6.45) is 2.91. The maximum atomic E-state index is 13.3. The molecule has 2 heterocycles. The van der Waals surface area contributed by atoms with Gasteiger partial charge in [-0.1, -0.05) is 36.5 Å². The van der Waals surface area contributed by atoms with E-state index in [1.165, 1.54) is 12.1 Å². The Balaban J connectivity index is 1.33. The van der Waals surface area contributed by atoms with Crippen molar-refractivity contribution in [2.24, 2.45) is 5.92 Å². The molecule has 5 nitrogen and oxygen atoms in total. The fourth-order valence-corrected chi connectivity index (χ4v) is 5.08. The van der Waals surface area contributed by atoms with E-state index in [-0.39, 0.29) is 54.7 Å². The Kier molecular flexibility index (Phi) is 5.44. The Hall–Kier alpha value is -3.17. The molecule has 3 atom stereocenters. The highest BCUT2D eigenvalue weighted by Crippen LogP contribution is 2.43. The molecule has 2 aromatic rings. The number of hydrogen-bond donors (Lipinski definition) is 1. The summed E-state index contributed by atoms with van der Waals surface area (Å²) in [4.78, 5) is 28.9. The number of carbonyl (C=O) groups is 2. The van der Waals surface area contributed by atoms with Crippen LogP contribution in [-0.2, 0) is 9.59 Å². The van der Waals surface area contributed by atoms with E-state index < -0.39 is 0 Å². The van der Waals surface area contributed by atoms with E-state index >= 15 is 0 Å². The van der Waals surface area contributed by atoms with Gasteiger partial charge in [-0.25, -0.2) is 4.39 Å². The SMILES string of the molecule is O=C(C1CCC1)N1CC(=O)N2[C@H](CO)[C@H](c3ccc(C#Cc4cccc(F)c4)cc3)[C@@H]2C1. The van der Waals surface area contributed by atoms with Gasteiger partial charge in [0.25, 0.3) is 0 Å². The van der Waals surface area contributed by atoms with Gasteiger partial charge >= 0.3 is 0 Å². The Morgan fingerprint density at radius 2 is 1.84 bits per heavy atom. The van der Waals surface area contributed by atoms with Crippen LogP contribution in [0.25, 0.3) is 0 Å². The lowest BCUT2D eigenvalue weighted by molar-refractivity contribution is -0.169. The molecule has 2 aliphatic heterocycles. The second-order valence-corrected chi connectivity index (χ2v) is 8.87. The minimum Gasteiger partial charge on any atom is -0.394 e. The van der Waals surface area contributed by atoms with Crippen molar-refractivity contribution in [1.29, 1.82) is 0 Å². The highest BCUT2D eigenvalue weighted by molar-refractivity contribution is 5.89. The van der Waals surface area contributed by atoms with Crippen molar-refractivity contribution in [3.05, 3.63) is 71.0 Å². The highest BCUT2D eigenvalue weighted by Gasteiger charge is 2.54. The van der Waals surface area contributed by atoms with E-state index in [0.29, 0.717) is 12.1 Å². The van der Waals surface area contributed by atoms with Crippen LogP contribution in [0.1, 0.15) is 41.9 Å². The zero-order valence-corrected chi connectivity index (χ0v) is 17.7. The van der Waals surface area contributed by atoms with Gasteiger partial charge in [0.15, 0.2) is 0 Å². The molecule has 0 aromatic heterocycles. The summed E-state index contributed by atoms with van der Waals surface area (Å²) in [5.74, 6) is 5.75. The molecule has 32 heavy (non-hydrogen) atoms. The van der Waals surface area contributed by atoms with Gasteiger partial charge in [0.05, 0.1) is 25.2 Å². The number of aliphatic hydroxyl groups is 1. The number of benzene rings is 2. The summed E-state index contributed by atoms with van der Waals surface area (Å²) in [6.45, 7) is 0.525. The van der Waals surface area contributed by atoms with Crippen LogP contribution in [-0.4, -0.2) is 58.5 Å². The first-order valence-corrected chi connectivity index (χ1v) is 11.1. The van der Waals surface area contributed by atoms with Gasteiger partial charge in [0.2, 0.25) is 11.8 Å². The molecule has 3 fully saturated rings. The van der Waals surface area contributed by atoms with Crippen LogP contribution in [0.5, 0.6) is 0 Å². The average Bonchev–Trinajstić information content (AvgIpc) is 2.73. The summed E-state index contributed by atoms with van der Waals surface area (Å²) in [5, 5.41) is 9.94. The molecule has 164 valence electrons. The van der Waals surface area contributed by atoms with Crippen LogP contribution >= 0.6 is 0 Å². The van der Waals surface area contributed by atoms with Crippen LogP contribution in [0.4, 0.5) is 4.39 Å². The van der Waals surface area contributed by atoms with Gasteiger partial charge in [0.1, 0.15) is 5.82 Å². The minimum atomic E-state index is -0.316. The van der Waals surface area contributed by atoms with Crippen molar-refractivity contribution >= 4 is 11.8 Å². The zero-order chi connectivity index (χ0) is 22.2. The lowest BCUT2D eigenvalue weighted by atomic mass is 9.73. The van der Waals surface area contributed by atoms with E-state index in [0.717, 1.165) is 30.4 Å². The van der Waals surface area contributed by atoms with E-state index in [4.69, 9.17) is 0 Å². The molecule has 1 N–H and O–H groups in total. The Morgan fingerprint density at radius 3 is 2.50 bits per heavy atom. The van der Waals surface area contributed by atoms with Gasteiger partial charge in [-0.3, -0.25) is 9.59 Å². The second-order valence-electron chi connectivity index (χ2n) is 8.87. The second kappa shape index (κ2) is 8.40. The van der Waals surface area contributed by atoms with E-state index in [9.17, 15) is 19.1 Å². The molecule has 6 heteroatoms. The number of piperazine rings is 1. The first-order chi connectivity index (χ1) is 15.5. The van der Waals surface area contributed by atoms with Gasteiger partial charge < -0.3 is 14.9 Å². The normalized spacial score (nSPS) is 24.7. The number of carbonyl (C=O) groups excluding carboxylic acids is 2. The van der Waals surface area contributed by atoms with Crippen LogP contribution in [0, 0.1) is 23.6 Å². The number of rotatable bonds is 3. The molecule has 2 aromatic carbocycles. The zero-order valence-electron chi connectivity index (χ0n) is 17.7. The van der Waals surface area contributed by atoms with Crippen LogP contribution in [0.2, 0.25) is 0 Å². The van der Waals surface area contributed by atoms with Crippen molar-refractivity contribution in [3.63, 3.8) is 0 Å². The fourth-order valence-electron chi connectivity index (χ4n) is 5.08. The molecule has 0 spiro atoms. The largest absolute Gasteiger partial charge is 0.394 e. The number of halogens is 1. The summed E-state index contributed by atoms with van der Waals surface area (Å²) in [5.41, 5.74) is 2.43. The average molecular weight is 432 g/mol. The summed E-state index contributed by atoms with van der Waals surface area (Å²) in [6, 6.07) is 13.5. The maximum Gasteiger partial charge on any atom is 0.242 e. The third-order valence-electron chi connectivity index (χ3n) is 6.99. The fraction of sp³-hybridized carbons (Fsp3) is 0.385. The molecule has 1 aliphatic carbocycles. The van der Waals surface area contributed by atoms with Crippen molar-refractivity contribution in [3.8, 4) is 11.8 Å². The molecule has 2 amide bonds. The van der Waals surface area contributed by atoms with E-state index in [1.54, 1.807) is 21.9 Å². The number of aliphatic hydroxyl groups excluding tert-OH is 1. The molecule has 0 radical (unpaired) electrons. The van der Waals surface area contributed by atoms with E-state index in [2.05, 4.69) is 11.8 Å². The standard InChI is InChI=1S/C26H25FN2O3/c27-21-6-1-3-18(13-21)8-7-17-9-11-19(12-10-17)25-22-14-28(26(32)20-4-2-5-20)15-24(31)29(22)23(25)16-30/h1,3,6,9-13,20,22-23,25,30H,2,4-5,14-16H2/t22-,23+,25+/m0/s1. The topological polar surface area (TPSA) is 60.9 Å². The molecular formula is C26H25FN2O3. The molecule has 3 aliphatic rings. The maximum absolute atomic E-state index is 13.3. The predicted molar refractivity (Wildman–Crippen MR) is 117 cm³/mol. The summed E-state index contributed by atoms with van der Waals surface area (Å²) >= 11 is 0. The lowest BCUT2D eigenvalue weighted by Gasteiger charge is -2.59. The number of amides is 2. The monoisotopic (exact) mass is 432 g/mol. The minimum absolute atomic E-state index is 0.0221. The quantitative estimate of drug-likeness (QED) is 0.759. The van der Waals surface area contributed by atoms with Gasteiger partial charge in [-0.05, 0) is 48.7 Å².